The maximum absolute atomic E-state index is 13.7. The van der Waals surface area contributed by atoms with E-state index in [9.17, 15) is 4.79 Å². The third-order valence-corrected chi connectivity index (χ3v) is 7.90. The molecule has 1 aliphatic heterocycles. The monoisotopic (exact) mass is 546 g/mol. The van der Waals surface area contributed by atoms with Gasteiger partial charge in [-0.15, -0.1) is 10.2 Å². The predicted molar refractivity (Wildman–Crippen MR) is 150 cm³/mol. The van der Waals surface area contributed by atoms with Gasteiger partial charge in [0, 0.05) is 28.7 Å². The molecule has 1 saturated carbocycles. The zero-order valence-electron chi connectivity index (χ0n) is 21.5. The van der Waals surface area contributed by atoms with Crippen molar-refractivity contribution in [3.8, 4) is 22.5 Å². The van der Waals surface area contributed by atoms with E-state index in [2.05, 4.69) is 34.3 Å². The van der Waals surface area contributed by atoms with Gasteiger partial charge in [0.25, 0.3) is 5.91 Å². The van der Waals surface area contributed by atoms with Crippen LogP contribution in [0.15, 0.2) is 54.9 Å². The van der Waals surface area contributed by atoms with Gasteiger partial charge in [-0.05, 0) is 91.7 Å². The van der Waals surface area contributed by atoms with Gasteiger partial charge in [-0.2, -0.15) is 0 Å². The summed E-state index contributed by atoms with van der Waals surface area (Å²) >= 11 is 12.8. The standard InChI is InChI=1S/C29H28Cl2N6O/c1-29(2,32-14-17-4-5-17)20-11-25(31)34-26(12-20)37-15-19-7-6-18(10-23(19)28(37)38)22-9-8-21(30)13-24(22)27-35-33-16-36(27)3/h6-13,16-17,32H,4-5,14-15H2,1-3H3. The van der Waals surface area contributed by atoms with Crippen LogP contribution in [0.25, 0.3) is 22.5 Å². The fourth-order valence-corrected chi connectivity index (χ4v) is 5.32. The lowest BCUT2D eigenvalue weighted by Crippen LogP contribution is -2.38. The Morgan fingerprint density at radius 3 is 2.58 bits per heavy atom. The molecule has 0 bridgehead atoms. The molecule has 7 nitrogen and oxygen atoms in total. The van der Waals surface area contributed by atoms with Gasteiger partial charge in [0.1, 0.15) is 17.3 Å². The highest BCUT2D eigenvalue weighted by atomic mass is 35.5. The number of hydrogen-bond donors (Lipinski definition) is 1. The summed E-state index contributed by atoms with van der Waals surface area (Å²) in [6.07, 6.45) is 4.22. The van der Waals surface area contributed by atoms with Crippen LogP contribution in [0.5, 0.6) is 0 Å². The molecule has 1 fully saturated rings. The number of hydrogen-bond acceptors (Lipinski definition) is 5. The maximum Gasteiger partial charge on any atom is 0.260 e. The van der Waals surface area contributed by atoms with E-state index in [0.717, 1.165) is 40.3 Å². The minimum absolute atomic E-state index is 0.0968. The topological polar surface area (TPSA) is 75.9 Å². The molecule has 38 heavy (non-hydrogen) atoms. The Hall–Kier alpha value is -3.26. The third-order valence-electron chi connectivity index (χ3n) is 7.47. The van der Waals surface area contributed by atoms with E-state index in [1.165, 1.54) is 12.8 Å². The van der Waals surface area contributed by atoms with Crippen molar-refractivity contribution < 1.29 is 4.79 Å². The van der Waals surface area contributed by atoms with Crippen molar-refractivity contribution in [1.82, 2.24) is 25.1 Å². The summed E-state index contributed by atoms with van der Waals surface area (Å²) < 4.78 is 1.85. The van der Waals surface area contributed by atoms with E-state index in [1.54, 1.807) is 11.2 Å². The SMILES string of the molecule is Cn1cnnc1-c1cc(Cl)ccc1-c1ccc2c(c1)C(=O)N(c1cc(C(C)(C)NCC3CC3)cc(Cl)n1)C2. The van der Waals surface area contributed by atoms with Crippen molar-refractivity contribution in [2.75, 3.05) is 11.4 Å². The van der Waals surface area contributed by atoms with Crippen LogP contribution in [-0.4, -0.2) is 32.2 Å². The number of carbonyl (C=O) groups is 1. The summed E-state index contributed by atoms with van der Waals surface area (Å²) in [6.45, 7) is 5.69. The summed E-state index contributed by atoms with van der Waals surface area (Å²) in [5.74, 6) is 1.91. The van der Waals surface area contributed by atoms with Gasteiger partial charge in [-0.25, -0.2) is 4.98 Å². The third kappa shape index (κ3) is 4.70. The second-order valence-corrected chi connectivity index (χ2v) is 11.5. The molecular formula is C29H28Cl2N6O. The molecule has 0 atom stereocenters. The van der Waals surface area contributed by atoms with Crippen molar-refractivity contribution in [3.63, 3.8) is 0 Å². The van der Waals surface area contributed by atoms with Gasteiger partial charge in [0.15, 0.2) is 5.82 Å². The minimum atomic E-state index is -0.294. The van der Waals surface area contributed by atoms with Crippen molar-refractivity contribution in [3.05, 3.63) is 81.7 Å². The second-order valence-electron chi connectivity index (χ2n) is 10.7. The number of nitrogens with one attached hydrogen (secondary N) is 1. The number of benzene rings is 2. The minimum Gasteiger partial charge on any atom is -0.317 e. The highest BCUT2D eigenvalue weighted by Crippen LogP contribution is 2.37. The number of fused-ring (bicyclic) bond motifs is 1. The molecule has 0 spiro atoms. The quantitative estimate of drug-likeness (QED) is 0.277. The number of nitrogens with zero attached hydrogens (tertiary/aromatic N) is 5. The highest BCUT2D eigenvalue weighted by Gasteiger charge is 2.32. The molecular weight excluding hydrogens is 519 g/mol. The van der Waals surface area contributed by atoms with Gasteiger partial charge in [0.05, 0.1) is 6.54 Å². The Morgan fingerprint density at radius 2 is 1.84 bits per heavy atom. The summed E-state index contributed by atoms with van der Waals surface area (Å²) in [5, 5.41) is 12.9. The van der Waals surface area contributed by atoms with Crippen LogP contribution in [0.2, 0.25) is 10.2 Å². The van der Waals surface area contributed by atoms with E-state index in [-0.39, 0.29) is 11.4 Å². The molecule has 0 radical (unpaired) electrons. The Bertz CT molecular complexity index is 1560. The number of carbonyl (C=O) groups excluding carboxylic acids is 1. The van der Waals surface area contributed by atoms with Crippen molar-refractivity contribution in [1.29, 1.82) is 0 Å². The normalized spacial score (nSPS) is 15.3. The molecule has 2 aliphatic rings. The number of aryl methyl sites for hydroxylation is 1. The Kier molecular flexibility index (Phi) is 6.25. The molecule has 9 heteroatoms. The van der Waals surface area contributed by atoms with Crippen LogP contribution in [0.4, 0.5) is 5.82 Å². The summed E-state index contributed by atoms with van der Waals surface area (Å²) in [6, 6.07) is 15.5. The Balaban J connectivity index is 1.33. The smallest absolute Gasteiger partial charge is 0.260 e. The molecule has 0 unspecified atom stereocenters. The van der Waals surface area contributed by atoms with Gasteiger partial charge >= 0.3 is 0 Å². The summed E-state index contributed by atoms with van der Waals surface area (Å²) in [5.41, 5.74) is 4.98. The first kappa shape index (κ1) is 25.0. The summed E-state index contributed by atoms with van der Waals surface area (Å²) in [7, 11) is 1.89. The number of amides is 1. The first-order valence-corrected chi connectivity index (χ1v) is 13.5. The molecule has 6 rings (SSSR count). The number of rotatable bonds is 7. The largest absolute Gasteiger partial charge is 0.317 e. The maximum atomic E-state index is 13.7. The molecule has 0 saturated heterocycles. The van der Waals surface area contributed by atoms with Crippen LogP contribution >= 0.6 is 23.2 Å². The van der Waals surface area contributed by atoms with Crippen LogP contribution in [0.3, 0.4) is 0 Å². The Labute approximate surface area is 231 Å². The zero-order chi connectivity index (χ0) is 26.6. The average Bonchev–Trinajstić information content (AvgIpc) is 3.54. The van der Waals surface area contributed by atoms with Crippen molar-refractivity contribution in [2.24, 2.45) is 13.0 Å². The van der Waals surface area contributed by atoms with Crippen LogP contribution in [0.1, 0.15) is 48.2 Å². The number of pyridine rings is 1. The zero-order valence-corrected chi connectivity index (χ0v) is 23.0. The molecule has 3 heterocycles. The fourth-order valence-electron chi connectivity index (χ4n) is 4.94. The lowest BCUT2D eigenvalue weighted by Gasteiger charge is -2.28. The van der Waals surface area contributed by atoms with E-state index >= 15 is 0 Å². The van der Waals surface area contributed by atoms with Crippen molar-refractivity contribution >= 4 is 34.9 Å². The van der Waals surface area contributed by atoms with E-state index in [4.69, 9.17) is 23.2 Å². The van der Waals surface area contributed by atoms with Crippen LogP contribution in [0, 0.1) is 5.92 Å². The predicted octanol–water partition coefficient (Wildman–Crippen LogP) is 6.25. The molecule has 1 amide bonds. The molecule has 1 aliphatic carbocycles. The van der Waals surface area contributed by atoms with E-state index in [1.807, 2.05) is 60.1 Å². The molecule has 2 aromatic carbocycles. The van der Waals surface area contributed by atoms with E-state index < -0.39 is 0 Å². The lowest BCUT2D eigenvalue weighted by molar-refractivity contribution is 0.0996. The lowest BCUT2D eigenvalue weighted by atomic mass is 9.94. The summed E-state index contributed by atoms with van der Waals surface area (Å²) in [4.78, 5) is 19.9. The first-order chi connectivity index (χ1) is 18.2. The number of aromatic nitrogens is 4. The number of anilines is 1. The van der Waals surface area contributed by atoms with E-state index in [0.29, 0.717) is 33.9 Å². The van der Waals surface area contributed by atoms with Crippen LogP contribution < -0.4 is 10.2 Å². The molecule has 4 aromatic rings. The highest BCUT2D eigenvalue weighted by molar-refractivity contribution is 6.31. The van der Waals surface area contributed by atoms with Gasteiger partial charge in [-0.1, -0.05) is 41.4 Å². The fraction of sp³-hybridized carbons (Fsp3) is 0.310. The molecule has 194 valence electrons. The van der Waals surface area contributed by atoms with Gasteiger partial charge in [-0.3, -0.25) is 9.69 Å². The number of halogens is 2. The van der Waals surface area contributed by atoms with Gasteiger partial charge < -0.3 is 9.88 Å². The average molecular weight is 547 g/mol. The second kappa shape index (κ2) is 9.49. The molecule has 2 aromatic heterocycles. The first-order valence-electron chi connectivity index (χ1n) is 12.7. The van der Waals surface area contributed by atoms with Crippen LogP contribution in [-0.2, 0) is 19.1 Å². The van der Waals surface area contributed by atoms with Gasteiger partial charge in [0.2, 0.25) is 0 Å². The molecule has 1 N–H and O–H groups in total. The van der Waals surface area contributed by atoms with Crippen molar-refractivity contribution in [2.45, 2.75) is 38.8 Å². The Morgan fingerprint density at radius 1 is 1.03 bits per heavy atom.